The number of piperidine rings is 2. The Balaban J connectivity index is 1.00. The highest BCUT2D eigenvalue weighted by Crippen LogP contribution is 2.52. The van der Waals surface area contributed by atoms with E-state index in [9.17, 15) is 18.0 Å². The molecular weight excluding hydrogens is 760 g/mol. The Bertz CT molecular complexity index is 1900. The summed E-state index contributed by atoms with van der Waals surface area (Å²) in [6.45, 7) is 4.23. The van der Waals surface area contributed by atoms with Crippen molar-refractivity contribution in [3.05, 3.63) is 71.8 Å². The van der Waals surface area contributed by atoms with Crippen LogP contribution in [0.1, 0.15) is 56.9 Å². The molecule has 0 unspecified atom stereocenters. The minimum absolute atomic E-state index is 0.0218. The monoisotopic (exact) mass is 815 g/mol. The van der Waals surface area contributed by atoms with Gasteiger partial charge in [-0.15, -0.1) is 0 Å². The van der Waals surface area contributed by atoms with Crippen LogP contribution in [0.5, 0.6) is 0 Å². The Hall–Kier alpha value is -3.66. The van der Waals surface area contributed by atoms with Crippen LogP contribution in [0.2, 0.25) is 0 Å². The normalized spacial score (nSPS) is 25.8. The zero-order valence-corrected chi connectivity index (χ0v) is 33.6. The quantitative estimate of drug-likeness (QED) is 0.278. The van der Waals surface area contributed by atoms with E-state index in [0.29, 0.717) is 32.5 Å². The fourth-order valence-electron chi connectivity index (χ4n) is 10.4. The number of amides is 2. The van der Waals surface area contributed by atoms with Crippen molar-refractivity contribution in [3.8, 4) is 0 Å². The smallest absolute Gasteiger partial charge is 0.407 e. The van der Waals surface area contributed by atoms with E-state index in [2.05, 4.69) is 15.1 Å². The van der Waals surface area contributed by atoms with E-state index in [1.807, 2.05) is 6.07 Å². The summed E-state index contributed by atoms with van der Waals surface area (Å²) in [4.78, 5) is 32.4. The summed E-state index contributed by atoms with van der Waals surface area (Å²) in [6, 6.07) is 10.6. The van der Waals surface area contributed by atoms with Gasteiger partial charge in [0.05, 0.1) is 42.6 Å². The van der Waals surface area contributed by atoms with Crippen molar-refractivity contribution in [1.82, 2.24) is 20.0 Å². The van der Waals surface area contributed by atoms with Gasteiger partial charge in [0.25, 0.3) is 0 Å². The molecular formula is C42H56F3N5O6S. The first kappa shape index (κ1) is 41.5. The van der Waals surface area contributed by atoms with Crippen LogP contribution >= 0.6 is 0 Å². The van der Waals surface area contributed by atoms with Crippen LogP contribution in [-0.4, -0.2) is 136 Å². The van der Waals surface area contributed by atoms with Crippen molar-refractivity contribution in [1.29, 1.82) is 0 Å². The molecule has 1 aliphatic carbocycles. The molecule has 2 aromatic carbocycles. The zero-order valence-electron chi connectivity index (χ0n) is 32.8. The summed E-state index contributed by atoms with van der Waals surface area (Å²) in [7, 11) is -2.58. The molecule has 0 spiro atoms. The number of aliphatic hydroxyl groups excluding tert-OH is 1. The number of hydrogen-bond donors (Lipinski definition) is 2. The van der Waals surface area contributed by atoms with E-state index in [4.69, 9.17) is 9.84 Å². The van der Waals surface area contributed by atoms with Gasteiger partial charge in [0.15, 0.2) is 15.5 Å². The van der Waals surface area contributed by atoms with Crippen molar-refractivity contribution in [2.75, 3.05) is 84.1 Å². The number of likely N-dealkylation sites (tertiary alicyclic amines) is 3. The standard InChI is InChI=1S/C42H56F3N5O6S/c1-56-40(53)46-37-11-3-10-35(37)42(29-47-17-6-18-47,31-7-2-8-32(43)23-31)30-15-20-48(21-16-30)26-41(45)27-50(28-41)38-14-13-33(24-36(38)44)57(54,55)34-9-4-19-49(25-34)39(52)12-5-22-51/h2,5,7-8,12-14,23-24,30,34-35,37,51H,3-4,6,9-11,15-22,25-29H2,1H3,(H,46,53)/b12-5+/t34-,35-,37-,42-/m0/s1. The zero-order chi connectivity index (χ0) is 40.4. The highest BCUT2D eigenvalue weighted by Gasteiger charge is 2.54. The van der Waals surface area contributed by atoms with E-state index >= 15 is 13.2 Å². The van der Waals surface area contributed by atoms with Crippen LogP contribution in [0.4, 0.5) is 23.7 Å². The highest BCUT2D eigenvalue weighted by molar-refractivity contribution is 7.92. The lowest BCUT2D eigenvalue weighted by molar-refractivity contribution is -0.126. The fraction of sp³-hybridized carbons (Fsp3) is 0.619. The number of aliphatic hydroxyl groups is 1. The number of rotatable bonds is 13. The Labute approximate surface area is 334 Å². The summed E-state index contributed by atoms with van der Waals surface area (Å²) in [5.74, 6) is -1.17. The number of alkyl halides is 1. The van der Waals surface area contributed by atoms with Crippen molar-refractivity contribution < 1.29 is 41.0 Å². The minimum Gasteiger partial charge on any atom is -0.453 e. The van der Waals surface area contributed by atoms with Gasteiger partial charge in [-0.25, -0.2) is 26.4 Å². The van der Waals surface area contributed by atoms with E-state index in [0.717, 1.165) is 69.8 Å². The van der Waals surface area contributed by atoms with Crippen LogP contribution in [-0.2, 0) is 24.8 Å². The van der Waals surface area contributed by atoms with Crippen LogP contribution < -0.4 is 10.2 Å². The second kappa shape index (κ2) is 17.3. The minimum atomic E-state index is -3.95. The molecule has 57 heavy (non-hydrogen) atoms. The summed E-state index contributed by atoms with van der Waals surface area (Å²) in [5.41, 5.74) is -0.908. The number of nitrogens with zero attached hydrogens (tertiary/aromatic N) is 4. The van der Waals surface area contributed by atoms with Gasteiger partial charge in [-0.1, -0.05) is 24.6 Å². The molecule has 4 aliphatic heterocycles. The van der Waals surface area contributed by atoms with Crippen LogP contribution in [0, 0.1) is 23.5 Å². The molecule has 5 fully saturated rings. The molecule has 5 aliphatic rings. The van der Waals surface area contributed by atoms with Gasteiger partial charge in [0.1, 0.15) is 11.6 Å². The van der Waals surface area contributed by atoms with Crippen molar-refractivity contribution >= 4 is 27.5 Å². The largest absolute Gasteiger partial charge is 0.453 e. The first-order valence-electron chi connectivity index (χ1n) is 20.4. The van der Waals surface area contributed by atoms with Crippen molar-refractivity contribution in [3.63, 3.8) is 0 Å². The molecule has 1 saturated carbocycles. The topological polar surface area (TPSA) is 123 Å². The van der Waals surface area contributed by atoms with Crippen LogP contribution in [0.25, 0.3) is 0 Å². The number of benzene rings is 2. The fourth-order valence-corrected chi connectivity index (χ4v) is 12.2. The van der Waals surface area contributed by atoms with Gasteiger partial charge >= 0.3 is 6.09 Å². The third-order valence-corrected chi connectivity index (χ3v) is 15.5. The third kappa shape index (κ3) is 8.72. The van der Waals surface area contributed by atoms with Crippen molar-refractivity contribution in [2.45, 2.75) is 78.6 Å². The molecule has 15 heteroatoms. The molecule has 0 radical (unpaired) electrons. The van der Waals surface area contributed by atoms with Gasteiger partial charge in [-0.3, -0.25) is 9.69 Å². The number of alkyl carbamates (subject to hydrolysis) is 1. The van der Waals surface area contributed by atoms with Gasteiger partial charge in [-0.2, -0.15) is 0 Å². The van der Waals surface area contributed by atoms with E-state index < -0.39 is 38.1 Å². The van der Waals surface area contributed by atoms with E-state index in [1.54, 1.807) is 17.0 Å². The molecule has 312 valence electrons. The predicted octanol–water partition coefficient (Wildman–Crippen LogP) is 4.69. The lowest BCUT2D eigenvalue weighted by atomic mass is 9.57. The second-order valence-corrected chi connectivity index (χ2v) is 19.0. The van der Waals surface area contributed by atoms with Gasteiger partial charge in [-0.05, 0) is 119 Å². The van der Waals surface area contributed by atoms with Gasteiger partial charge in [0, 0.05) is 43.7 Å². The lowest BCUT2D eigenvalue weighted by Gasteiger charge is -2.54. The summed E-state index contributed by atoms with van der Waals surface area (Å²) >= 11 is 0. The number of anilines is 1. The second-order valence-electron chi connectivity index (χ2n) is 16.8. The SMILES string of the molecule is COC(=O)N[C@H]1CCC[C@@H]1[C@](CN1CCC1)(c1cccc(F)c1)C1CCN(CC2(F)CN(c3ccc(S(=O)(=O)[C@H]4CCCN(C(=O)/C=C/CO)C4)cc3F)C2)CC1. The number of sulfone groups is 1. The number of carbonyl (C=O) groups excluding carboxylic acids is 2. The molecule has 4 heterocycles. The summed E-state index contributed by atoms with van der Waals surface area (Å²) in [5, 5.41) is 11.2. The molecule has 0 bridgehead atoms. The van der Waals surface area contributed by atoms with Crippen molar-refractivity contribution in [2.24, 2.45) is 11.8 Å². The van der Waals surface area contributed by atoms with Crippen LogP contribution in [0.15, 0.2) is 59.5 Å². The lowest BCUT2D eigenvalue weighted by Crippen LogP contribution is -2.65. The maximum atomic E-state index is 16.3. The maximum absolute atomic E-state index is 16.3. The Morgan fingerprint density at radius 3 is 2.40 bits per heavy atom. The highest BCUT2D eigenvalue weighted by atomic mass is 32.2. The number of ether oxygens (including phenoxy) is 1. The molecule has 4 atom stereocenters. The van der Waals surface area contributed by atoms with Crippen LogP contribution in [0.3, 0.4) is 0 Å². The number of nitrogens with one attached hydrogen (secondary N) is 1. The number of halogens is 3. The van der Waals surface area contributed by atoms with Gasteiger partial charge in [0.2, 0.25) is 5.91 Å². The first-order chi connectivity index (χ1) is 27.3. The van der Waals surface area contributed by atoms with E-state index in [1.165, 1.54) is 42.4 Å². The molecule has 0 aromatic heterocycles. The molecule has 4 saturated heterocycles. The molecule has 2 amide bonds. The average molecular weight is 816 g/mol. The summed E-state index contributed by atoms with van der Waals surface area (Å²) < 4.78 is 78.9. The predicted molar refractivity (Wildman–Crippen MR) is 210 cm³/mol. The third-order valence-electron chi connectivity index (χ3n) is 13.3. The van der Waals surface area contributed by atoms with E-state index in [-0.39, 0.29) is 73.0 Å². The molecule has 7 rings (SSSR count). The Morgan fingerprint density at radius 2 is 1.74 bits per heavy atom. The molecule has 2 aromatic rings. The first-order valence-corrected chi connectivity index (χ1v) is 22.0. The molecule has 2 N–H and O–H groups in total. The Kier molecular flexibility index (Phi) is 12.6. The number of carbonyl (C=O) groups is 2. The molecule has 11 nitrogen and oxygen atoms in total. The maximum Gasteiger partial charge on any atom is 0.407 e. The average Bonchev–Trinajstić information content (AvgIpc) is 3.64. The number of hydrogen-bond acceptors (Lipinski definition) is 9. The Morgan fingerprint density at radius 1 is 0.965 bits per heavy atom. The number of methoxy groups -OCH3 is 1. The van der Waals surface area contributed by atoms with Gasteiger partial charge < -0.3 is 29.9 Å². The summed E-state index contributed by atoms with van der Waals surface area (Å²) in [6.07, 6.45) is 8.22.